The van der Waals surface area contributed by atoms with Crippen LogP contribution in [0.4, 0.5) is 0 Å². The summed E-state index contributed by atoms with van der Waals surface area (Å²) in [6.07, 6.45) is -1.55. The molecule has 3 aliphatic rings. The predicted molar refractivity (Wildman–Crippen MR) is 171 cm³/mol. The first-order valence-electron chi connectivity index (χ1n) is 16.5. The van der Waals surface area contributed by atoms with Crippen molar-refractivity contribution in [3.63, 3.8) is 0 Å². The van der Waals surface area contributed by atoms with E-state index < -0.39 is 41.4 Å². The summed E-state index contributed by atoms with van der Waals surface area (Å²) in [7, 11) is 7.61. The van der Waals surface area contributed by atoms with E-state index in [4.69, 9.17) is 18.9 Å². The second-order valence-electron chi connectivity index (χ2n) is 16.4. The summed E-state index contributed by atoms with van der Waals surface area (Å²) in [5, 5.41) is 11.3. The topological polar surface area (TPSA) is 101 Å². The Morgan fingerprint density at radius 2 is 1.68 bits per heavy atom. The minimum atomic E-state index is -1.40. The van der Waals surface area contributed by atoms with E-state index in [0.29, 0.717) is 18.8 Å². The highest BCUT2D eigenvalue weighted by Crippen LogP contribution is 2.39. The van der Waals surface area contributed by atoms with E-state index in [1.54, 1.807) is 27.9 Å². The Morgan fingerprint density at radius 3 is 2.23 bits per heavy atom. The zero-order valence-corrected chi connectivity index (χ0v) is 29.9. The van der Waals surface area contributed by atoms with Gasteiger partial charge in [-0.05, 0) is 73.0 Å². The molecule has 3 rings (SSSR count). The van der Waals surface area contributed by atoms with Gasteiger partial charge in [0.25, 0.3) is 0 Å². The van der Waals surface area contributed by atoms with Crippen molar-refractivity contribution in [2.75, 3.05) is 61.0 Å². The average Bonchev–Trinajstić information content (AvgIpc) is 2.89. The molecule has 1 N–H and O–H groups in total. The molecule has 10 heteroatoms. The van der Waals surface area contributed by atoms with Gasteiger partial charge in [0.2, 0.25) is 0 Å². The maximum absolute atomic E-state index is 14.2. The third kappa shape index (κ3) is 8.60. The fraction of sp³-hybridized carbons (Fsp3) is 0.941. The Bertz CT molecular complexity index is 978. The van der Waals surface area contributed by atoms with E-state index in [1.807, 2.05) is 32.8 Å². The molecule has 0 aromatic carbocycles. The van der Waals surface area contributed by atoms with Crippen molar-refractivity contribution in [3.05, 3.63) is 0 Å². The molecule has 0 saturated carbocycles. The number of hydrogen-bond acceptors (Lipinski definition) is 10. The first-order chi connectivity index (χ1) is 20.2. The summed E-state index contributed by atoms with van der Waals surface area (Å²) in [4.78, 5) is 34.6. The van der Waals surface area contributed by atoms with Gasteiger partial charge in [-0.2, -0.15) is 0 Å². The molecule has 0 aromatic rings. The lowest BCUT2D eigenvalue weighted by molar-refractivity contribution is -0.295. The molecule has 0 spiro atoms. The molecule has 9 atom stereocenters. The second-order valence-corrected chi connectivity index (χ2v) is 16.4. The average molecular weight is 626 g/mol. The van der Waals surface area contributed by atoms with E-state index >= 15 is 0 Å². The summed E-state index contributed by atoms with van der Waals surface area (Å²) >= 11 is 0. The quantitative estimate of drug-likeness (QED) is 0.350. The first kappa shape index (κ1) is 37.3. The van der Waals surface area contributed by atoms with Crippen LogP contribution in [0.5, 0.6) is 0 Å². The number of carbonyl (C=O) groups excluding carboxylic acids is 2. The molecule has 0 amide bonds. The Kier molecular flexibility index (Phi) is 12.1. The summed E-state index contributed by atoms with van der Waals surface area (Å²) in [5.74, 6) is -1.02. The number of rotatable bonds is 6. The maximum Gasteiger partial charge on any atom is 0.319 e. The highest BCUT2D eigenvalue weighted by molar-refractivity contribution is 6.04. The molecule has 256 valence electrons. The number of aliphatic hydroxyl groups excluding tert-OH is 1. The standard InChI is InChI=1S/C34H63N3O7/c1-21-15-34(9,41-13)29(44-30-27(38)25(35(10)11)14-22(2)43-30)23(3)28(39)33(7,8)31(40)42-19-26(36(12)16-21)24-17-37(18-24)20-32(4,5)6/h21-27,29-30,38H,14-20H2,1-13H3/t21-,22-,23+,25+,26?,27-,29-,30+,34-/m1/s1. The van der Waals surface area contributed by atoms with Gasteiger partial charge < -0.3 is 33.9 Å². The van der Waals surface area contributed by atoms with Crippen LogP contribution in [0.15, 0.2) is 0 Å². The van der Waals surface area contributed by atoms with Gasteiger partial charge in [-0.3, -0.25) is 14.5 Å². The Hall–Kier alpha value is -1.14. The SMILES string of the molecule is CO[C@]1(C)C[C@@H](C)CN(C)C(C2CN(CC(C)(C)C)C2)COC(=O)C(C)(C)C(=O)[C@H](C)[C@H]1O[C@@H]1O[C@H](C)C[C@H](N(C)C)[C@H]1O. The number of ether oxygens (including phenoxy) is 4. The third-order valence-corrected chi connectivity index (χ3v) is 10.2. The lowest BCUT2D eigenvalue weighted by Gasteiger charge is -2.48. The highest BCUT2D eigenvalue weighted by atomic mass is 16.7. The van der Waals surface area contributed by atoms with Crippen LogP contribution >= 0.6 is 0 Å². The maximum atomic E-state index is 14.2. The van der Waals surface area contributed by atoms with Gasteiger partial charge in [0, 0.05) is 57.2 Å². The summed E-state index contributed by atoms with van der Waals surface area (Å²) in [6, 6.07) is -0.127. The van der Waals surface area contributed by atoms with Gasteiger partial charge in [-0.15, -0.1) is 0 Å². The molecule has 10 nitrogen and oxygen atoms in total. The van der Waals surface area contributed by atoms with E-state index in [-0.39, 0.29) is 41.9 Å². The molecule has 3 heterocycles. The van der Waals surface area contributed by atoms with Crippen LogP contribution in [0.3, 0.4) is 0 Å². The summed E-state index contributed by atoms with van der Waals surface area (Å²) in [6.45, 7) is 21.9. The van der Waals surface area contributed by atoms with Crippen molar-refractivity contribution >= 4 is 11.8 Å². The molecule has 0 aromatic heterocycles. The molecule has 1 unspecified atom stereocenters. The zero-order chi connectivity index (χ0) is 33.4. The number of carbonyl (C=O) groups is 2. The van der Waals surface area contributed by atoms with Crippen LogP contribution in [0.1, 0.15) is 75.2 Å². The molecule has 44 heavy (non-hydrogen) atoms. The number of nitrogens with zero attached hydrogens (tertiary/aromatic N) is 3. The zero-order valence-electron chi connectivity index (χ0n) is 29.9. The number of methoxy groups -OCH3 is 1. The van der Waals surface area contributed by atoms with Crippen molar-refractivity contribution in [2.24, 2.45) is 28.6 Å². The van der Waals surface area contributed by atoms with Gasteiger partial charge in [0.05, 0.1) is 17.8 Å². The van der Waals surface area contributed by atoms with Crippen LogP contribution in [0.2, 0.25) is 0 Å². The molecule has 0 aliphatic carbocycles. The monoisotopic (exact) mass is 625 g/mol. The number of esters is 1. The number of cyclic esters (lactones) is 1. The summed E-state index contributed by atoms with van der Waals surface area (Å²) in [5.41, 5.74) is -2.09. The number of aliphatic hydroxyl groups is 1. The molecule has 0 radical (unpaired) electrons. The van der Waals surface area contributed by atoms with Crippen molar-refractivity contribution in [3.8, 4) is 0 Å². The molecule has 3 fully saturated rings. The molecular weight excluding hydrogens is 562 g/mol. The van der Waals surface area contributed by atoms with Crippen LogP contribution in [0.25, 0.3) is 0 Å². The number of hydrogen-bond donors (Lipinski definition) is 1. The van der Waals surface area contributed by atoms with Gasteiger partial charge >= 0.3 is 5.97 Å². The molecule has 0 bridgehead atoms. The summed E-state index contributed by atoms with van der Waals surface area (Å²) < 4.78 is 25.0. The largest absolute Gasteiger partial charge is 0.463 e. The normalized spacial score (nSPS) is 39.2. The van der Waals surface area contributed by atoms with Gasteiger partial charge in [-0.1, -0.05) is 34.6 Å². The lowest BCUT2D eigenvalue weighted by Crippen LogP contribution is -2.59. The third-order valence-electron chi connectivity index (χ3n) is 10.2. The highest BCUT2D eigenvalue weighted by Gasteiger charge is 2.52. The predicted octanol–water partition coefficient (Wildman–Crippen LogP) is 3.30. The number of ketones is 1. The van der Waals surface area contributed by atoms with Crippen molar-refractivity contribution in [2.45, 2.75) is 117 Å². The Labute approximate surface area is 267 Å². The molecular formula is C34H63N3O7. The fourth-order valence-electron chi connectivity index (χ4n) is 7.71. The molecule has 3 aliphatic heterocycles. The van der Waals surface area contributed by atoms with E-state index in [1.165, 1.54) is 0 Å². The second kappa shape index (κ2) is 14.3. The Balaban J connectivity index is 1.93. The van der Waals surface area contributed by atoms with Crippen molar-refractivity contribution < 1.29 is 33.6 Å². The van der Waals surface area contributed by atoms with Gasteiger partial charge in [-0.25, -0.2) is 0 Å². The van der Waals surface area contributed by atoms with Crippen LogP contribution in [-0.4, -0.2) is 135 Å². The van der Waals surface area contributed by atoms with Crippen LogP contribution in [0, 0.1) is 28.6 Å². The van der Waals surface area contributed by atoms with Crippen molar-refractivity contribution in [1.29, 1.82) is 0 Å². The van der Waals surface area contributed by atoms with Crippen LogP contribution < -0.4 is 0 Å². The number of likely N-dealkylation sites (tertiary alicyclic amines) is 1. The van der Waals surface area contributed by atoms with E-state index in [2.05, 4.69) is 44.5 Å². The number of Topliss-reactive ketones (excluding diaryl/α,β-unsaturated/α-hetero) is 1. The van der Waals surface area contributed by atoms with Crippen LogP contribution in [-0.2, 0) is 28.5 Å². The number of likely N-dealkylation sites (N-methyl/N-ethyl adjacent to an activating group) is 2. The lowest BCUT2D eigenvalue weighted by atomic mass is 9.74. The van der Waals surface area contributed by atoms with E-state index in [9.17, 15) is 14.7 Å². The van der Waals surface area contributed by atoms with Gasteiger partial charge in [0.1, 0.15) is 18.1 Å². The van der Waals surface area contributed by atoms with Crippen molar-refractivity contribution in [1.82, 2.24) is 14.7 Å². The van der Waals surface area contributed by atoms with Gasteiger partial charge in [0.15, 0.2) is 12.1 Å². The Morgan fingerprint density at radius 1 is 1.07 bits per heavy atom. The minimum absolute atomic E-state index is 0.0396. The smallest absolute Gasteiger partial charge is 0.319 e. The minimum Gasteiger partial charge on any atom is -0.463 e. The molecule has 3 saturated heterocycles. The first-order valence-corrected chi connectivity index (χ1v) is 16.5. The fourth-order valence-corrected chi connectivity index (χ4v) is 7.71. The van der Waals surface area contributed by atoms with E-state index in [0.717, 1.165) is 26.2 Å².